The maximum absolute atomic E-state index is 8.58. The summed E-state index contributed by atoms with van der Waals surface area (Å²) in [4.78, 5) is 0. The highest BCUT2D eigenvalue weighted by Gasteiger charge is 1.95. The molecule has 1 aromatic rings. The Bertz CT molecular complexity index is 294. The molecule has 0 aliphatic heterocycles. The summed E-state index contributed by atoms with van der Waals surface area (Å²) in [6.07, 6.45) is 2.12. The molecule has 3 N–H and O–H groups in total. The van der Waals surface area contributed by atoms with Crippen molar-refractivity contribution in [2.45, 2.75) is 12.8 Å². The van der Waals surface area contributed by atoms with E-state index in [-0.39, 0.29) is 6.61 Å². The molecule has 0 unspecified atom stereocenters. The van der Waals surface area contributed by atoms with Gasteiger partial charge in [-0.15, -0.1) is 0 Å². The molecule has 1 aromatic carbocycles. The average Bonchev–Trinajstić information content (AvgIpc) is 2.28. The zero-order valence-corrected chi connectivity index (χ0v) is 10.1. The Labute approximate surface area is 101 Å². The minimum atomic E-state index is 0.249. The van der Waals surface area contributed by atoms with Gasteiger partial charge >= 0.3 is 0 Å². The van der Waals surface area contributed by atoms with Crippen LogP contribution in [0.4, 0.5) is 0 Å². The molecule has 3 nitrogen and oxygen atoms in total. The first kappa shape index (κ1) is 13.3. The fraction of sp³-hybridized carbons (Fsp3) is 0.500. The quantitative estimate of drug-likeness (QED) is 0.672. The summed E-state index contributed by atoms with van der Waals surface area (Å²) < 4.78 is 5.55. The summed E-state index contributed by atoms with van der Waals surface area (Å²) in [5.41, 5.74) is 0. The Morgan fingerprint density at radius 3 is 2.88 bits per heavy atom. The van der Waals surface area contributed by atoms with Crippen LogP contribution in [-0.2, 0) is 0 Å². The smallest absolute Gasteiger partial charge is 0.120 e. The van der Waals surface area contributed by atoms with Gasteiger partial charge < -0.3 is 15.2 Å². The normalized spacial score (nSPS) is 10.4. The van der Waals surface area contributed by atoms with Gasteiger partial charge in [-0.3, -0.25) is 0 Å². The lowest BCUT2D eigenvalue weighted by Gasteiger charge is -2.05. The Hall–Kier alpha value is -0.770. The van der Waals surface area contributed by atoms with Crippen molar-refractivity contribution in [3.8, 4) is 5.75 Å². The SMILES string of the molecule is OCC[NH2+]CCCCOc1cccc(Cl)c1. The molecule has 0 saturated heterocycles. The minimum Gasteiger partial charge on any atom is -0.494 e. The molecule has 0 aliphatic carbocycles. The highest BCUT2D eigenvalue weighted by molar-refractivity contribution is 6.30. The molecule has 0 fully saturated rings. The van der Waals surface area contributed by atoms with Crippen molar-refractivity contribution in [3.63, 3.8) is 0 Å². The van der Waals surface area contributed by atoms with Crippen molar-refractivity contribution in [2.75, 3.05) is 26.3 Å². The summed E-state index contributed by atoms with van der Waals surface area (Å²) in [5, 5.41) is 11.4. The van der Waals surface area contributed by atoms with Crippen LogP contribution in [0, 0.1) is 0 Å². The number of hydrogen-bond acceptors (Lipinski definition) is 2. The van der Waals surface area contributed by atoms with Gasteiger partial charge in [0.1, 0.15) is 5.75 Å². The monoisotopic (exact) mass is 244 g/mol. The second-order valence-corrected chi connectivity index (χ2v) is 4.04. The number of hydrogen-bond donors (Lipinski definition) is 2. The van der Waals surface area contributed by atoms with Gasteiger partial charge in [0, 0.05) is 5.02 Å². The number of halogens is 1. The van der Waals surface area contributed by atoms with E-state index in [1.807, 2.05) is 24.3 Å². The molecule has 0 amide bonds. The number of benzene rings is 1. The van der Waals surface area contributed by atoms with Crippen LogP contribution in [0.15, 0.2) is 24.3 Å². The first-order valence-electron chi connectivity index (χ1n) is 5.64. The molecule has 0 aromatic heterocycles. The molecule has 0 spiro atoms. The number of unbranched alkanes of at least 4 members (excludes halogenated alkanes) is 1. The molecule has 16 heavy (non-hydrogen) atoms. The van der Waals surface area contributed by atoms with Crippen LogP contribution in [0.2, 0.25) is 5.02 Å². The van der Waals surface area contributed by atoms with E-state index in [0.29, 0.717) is 11.6 Å². The molecule has 0 bridgehead atoms. The highest BCUT2D eigenvalue weighted by atomic mass is 35.5. The van der Waals surface area contributed by atoms with Crippen molar-refractivity contribution in [1.29, 1.82) is 0 Å². The number of rotatable bonds is 8. The molecule has 0 saturated carbocycles. The predicted molar refractivity (Wildman–Crippen MR) is 64.9 cm³/mol. The van der Waals surface area contributed by atoms with Crippen molar-refractivity contribution < 1.29 is 15.2 Å². The number of ether oxygens (including phenoxy) is 1. The van der Waals surface area contributed by atoms with Crippen molar-refractivity contribution in [2.24, 2.45) is 0 Å². The Morgan fingerprint density at radius 1 is 1.25 bits per heavy atom. The first-order chi connectivity index (χ1) is 7.83. The molecule has 90 valence electrons. The third-order valence-corrected chi connectivity index (χ3v) is 2.44. The maximum Gasteiger partial charge on any atom is 0.120 e. The van der Waals surface area contributed by atoms with Gasteiger partial charge in [-0.05, 0) is 31.0 Å². The van der Waals surface area contributed by atoms with Gasteiger partial charge in [0.15, 0.2) is 0 Å². The van der Waals surface area contributed by atoms with Crippen LogP contribution < -0.4 is 10.1 Å². The number of aliphatic hydroxyl groups excluding tert-OH is 1. The summed E-state index contributed by atoms with van der Waals surface area (Å²) in [6, 6.07) is 7.44. The van der Waals surface area contributed by atoms with E-state index < -0.39 is 0 Å². The van der Waals surface area contributed by atoms with E-state index >= 15 is 0 Å². The third-order valence-electron chi connectivity index (χ3n) is 2.20. The molecule has 0 radical (unpaired) electrons. The third kappa shape index (κ3) is 5.95. The molecular formula is C12H19ClNO2+. The predicted octanol–water partition coefficient (Wildman–Crippen LogP) is 1.05. The zero-order chi connectivity index (χ0) is 11.6. The van der Waals surface area contributed by atoms with E-state index in [1.165, 1.54) is 0 Å². The van der Waals surface area contributed by atoms with Crippen LogP contribution in [-0.4, -0.2) is 31.4 Å². The lowest BCUT2D eigenvalue weighted by molar-refractivity contribution is -0.656. The Balaban J connectivity index is 2.03. The van der Waals surface area contributed by atoms with Gasteiger partial charge in [-0.2, -0.15) is 0 Å². The lowest BCUT2D eigenvalue weighted by Crippen LogP contribution is -2.85. The second kappa shape index (κ2) is 8.39. The first-order valence-corrected chi connectivity index (χ1v) is 6.01. The highest BCUT2D eigenvalue weighted by Crippen LogP contribution is 2.17. The fourth-order valence-electron chi connectivity index (χ4n) is 1.37. The van der Waals surface area contributed by atoms with E-state index in [2.05, 4.69) is 5.32 Å². The maximum atomic E-state index is 8.58. The van der Waals surface area contributed by atoms with Crippen molar-refractivity contribution in [1.82, 2.24) is 0 Å². The summed E-state index contributed by atoms with van der Waals surface area (Å²) in [6.45, 7) is 2.79. The van der Waals surface area contributed by atoms with Crippen LogP contribution >= 0.6 is 11.6 Å². The van der Waals surface area contributed by atoms with Gasteiger partial charge in [0.25, 0.3) is 0 Å². The second-order valence-electron chi connectivity index (χ2n) is 3.60. The zero-order valence-electron chi connectivity index (χ0n) is 9.36. The van der Waals surface area contributed by atoms with Gasteiger partial charge in [0.2, 0.25) is 0 Å². The minimum absolute atomic E-state index is 0.249. The van der Waals surface area contributed by atoms with Crippen molar-refractivity contribution >= 4 is 11.6 Å². The van der Waals surface area contributed by atoms with Gasteiger partial charge in [-0.1, -0.05) is 17.7 Å². The largest absolute Gasteiger partial charge is 0.494 e. The van der Waals surface area contributed by atoms with Gasteiger partial charge in [0.05, 0.1) is 26.3 Å². The topological polar surface area (TPSA) is 46.1 Å². The summed E-state index contributed by atoms with van der Waals surface area (Å²) in [5.74, 6) is 0.826. The van der Waals surface area contributed by atoms with Gasteiger partial charge in [-0.25, -0.2) is 0 Å². The van der Waals surface area contributed by atoms with E-state index in [4.69, 9.17) is 21.4 Å². The number of quaternary nitrogens is 1. The summed E-state index contributed by atoms with van der Waals surface area (Å²) in [7, 11) is 0. The van der Waals surface area contributed by atoms with E-state index in [0.717, 1.165) is 31.7 Å². The molecule has 0 aliphatic rings. The molecule has 0 heterocycles. The van der Waals surface area contributed by atoms with Crippen LogP contribution in [0.5, 0.6) is 5.75 Å². The lowest BCUT2D eigenvalue weighted by atomic mass is 10.3. The van der Waals surface area contributed by atoms with Crippen LogP contribution in [0.3, 0.4) is 0 Å². The number of nitrogens with two attached hydrogens (primary N) is 1. The summed E-state index contributed by atoms with van der Waals surface area (Å²) >= 11 is 5.83. The molecule has 4 heteroatoms. The van der Waals surface area contributed by atoms with Crippen LogP contribution in [0.1, 0.15) is 12.8 Å². The standard InChI is InChI=1S/C12H18ClNO2/c13-11-4-3-5-12(10-11)16-9-2-1-6-14-7-8-15/h3-5,10,14-15H,1-2,6-9H2/p+1. The van der Waals surface area contributed by atoms with E-state index in [1.54, 1.807) is 0 Å². The molecular weight excluding hydrogens is 226 g/mol. The average molecular weight is 245 g/mol. The van der Waals surface area contributed by atoms with Crippen LogP contribution in [0.25, 0.3) is 0 Å². The molecule has 1 rings (SSSR count). The fourth-order valence-corrected chi connectivity index (χ4v) is 1.55. The number of aliphatic hydroxyl groups is 1. The van der Waals surface area contributed by atoms with E-state index in [9.17, 15) is 0 Å². The molecule has 0 atom stereocenters. The van der Waals surface area contributed by atoms with Crippen molar-refractivity contribution in [3.05, 3.63) is 29.3 Å². The Morgan fingerprint density at radius 2 is 2.12 bits per heavy atom. The Kier molecular flexibility index (Phi) is 6.97.